The van der Waals surface area contributed by atoms with Crippen LogP contribution in [0.3, 0.4) is 0 Å². The Morgan fingerprint density at radius 1 is 1.00 bits per heavy atom. The number of hydrogen-bond donors (Lipinski definition) is 2. The van der Waals surface area contributed by atoms with Gasteiger partial charge >= 0.3 is 0 Å². The molecular weight excluding hydrogens is 374 g/mol. The summed E-state index contributed by atoms with van der Waals surface area (Å²) in [6.07, 6.45) is 0. The van der Waals surface area contributed by atoms with Gasteiger partial charge in [-0.05, 0) is 29.3 Å². The van der Waals surface area contributed by atoms with E-state index in [9.17, 15) is 9.59 Å². The van der Waals surface area contributed by atoms with Crippen LogP contribution in [-0.2, 0) is 0 Å². The monoisotopic (exact) mass is 393 g/mol. The van der Waals surface area contributed by atoms with E-state index in [-0.39, 0.29) is 23.1 Å². The van der Waals surface area contributed by atoms with Crippen LogP contribution in [-0.4, -0.2) is 35.4 Å². The molecule has 142 valence electrons. The van der Waals surface area contributed by atoms with E-state index in [1.807, 2.05) is 54.6 Å². The molecule has 0 aliphatic carbocycles. The van der Waals surface area contributed by atoms with Gasteiger partial charge in [-0.2, -0.15) is 0 Å². The molecule has 0 spiro atoms. The Bertz CT molecular complexity index is 1050. The van der Waals surface area contributed by atoms with E-state index in [0.717, 1.165) is 11.1 Å². The van der Waals surface area contributed by atoms with Crippen LogP contribution in [0.4, 0.5) is 0 Å². The van der Waals surface area contributed by atoms with Gasteiger partial charge < -0.3 is 15.2 Å². The Labute approximate surface area is 168 Å². The molecule has 0 bridgehead atoms. The van der Waals surface area contributed by atoms with Crippen LogP contribution < -0.4 is 10.9 Å². The minimum atomic E-state index is -0.386. The molecule has 1 aliphatic rings. The minimum Gasteiger partial charge on any atom is -0.329 e. The molecule has 1 atom stereocenters. The van der Waals surface area contributed by atoms with Crippen molar-refractivity contribution in [2.24, 2.45) is 0 Å². The molecule has 28 heavy (non-hydrogen) atoms. The second-order valence-electron chi connectivity index (χ2n) is 6.72. The van der Waals surface area contributed by atoms with Crippen molar-refractivity contribution >= 4 is 17.5 Å². The van der Waals surface area contributed by atoms with Crippen LogP contribution in [0.2, 0.25) is 5.02 Å². The maximum atomic E-state index is 13.2. The fraction of sp³-hybridized carbons (Fsp3) is 0.182. The highest BCUT2D eigenvalue weighted by Gasteiger charge is 2.31. The topological polar surface area (TPSA) is 65.2 Å². The Morgan fingerprint density at radius 2 is 1.75 bits per heavy atom. The van der Waals surface area contributed by atoms with Gasteiger partial charge in [0.1, 0.15) is 5.56 Å². The summed E-state index contributed by atoms with van der Waals surface area (Å²) in [7, 11) is 0. The predicted octanol–water partition coefficient (Wildman–Crippen LogP) is 3.48. The molecule has 6 heteroatoms. The summed E-state index contributed by atoms with van der Waals surface area (Å²) in [4.78, 5) is 30.4. The number of pyridine rings is 1. The number of amides is 1. The smallest absolute Gasteiger partial charge is 0.261 e. The summed E-state index contributed by atoms with van der Waals surface area (Å²) < 4.78 is 0. The summed E-state index contributed by atoms with van der Waals surface area (Å²) in [5, 5.41) is 3.92. The van der Waals surface area contributed by atoms with E-state index in [2.05, 4.69) is 10.3 Å². The molecule has 1 unspecified atom stereocenters. The number of nitrogens with zero attached hydrogens (tertiary/aromatic N) is 1. The molecule has 4 rings (SSSR count). The number of halogens is 1. The van der Waals surface area contributed by atoms with Crippen molar-refractivity contribution < 1.29 is 4.79 Å². The van der Waals surface area contributed by atoms with Crippen LogP contribution in [0, 0.1) is 0 Å². The highest BCUT2D eigenvalue weighted by molar-refractivity contribution is 6.31. The van der Waals surface area contributed by atoms with Crippen LogP contribution in [0.15, 0.2) is 71.5 Å². The SMILES string of the molecule is O=C(c1ccc(-c2ccccc2)[nH]c1=O)N1CCNCC1c1ccccc1Cl. The highest BCUT2D eigenvalue weighted by atomic mass is 35.5. The van der Waals surface area contributed by atoms with E-state index >= 15 is 0 Å². The Morgan fingerprint density at radius 3 is 2.50 bits per heavy atom. The van der Waals surface area contributed by atoms with Crippen LogP contribution in [0.1, 0.15) is 22.0 Å². The molecule has 2 aromatic carbocycles. The first kappa shape index (κ1) is 18.5. The van der Waals surface area contributed by atoms with Gasteiger partial charge in [0.25, 0.3) is 11.5 Å². The fourth-order valence-electron chi connectivity index (χ4n) is 3.55. The van der Waals surface area contributed by atoms with E-state index in [1.54, 1.807) is 17.0 Å². The van der Waals surface area contributed by atoms with Gasteiger partial charge in [0.2, 0.25) is 0 Å². The number of nitrogens with one attached hydrogen (secondary N) is 2. The van der Waals surface area contributed by atoms with Crippen molar-refractivity contribution in [2.75, 3.05) is 19.6 Å². The van der Waals surface area contributed by atoms with Crippen molar-refractivity contribution in [2.45, 2.75) is 6.04 Å². The van der Waals surface area contributed by atoms with E-state index < -0.39 is 0 Å². The van der Waals surface area contributed by atoms with Gasteiger partial charge in [-0.3, -0.25) is 9.59 Å². The van der Waals surface area contributed by atoms with Crippen molar-refractivity contribution in [3.8, 4) is 11.3 Å². The number of carbonyl (C=O) groups is 1. The Kier molecular flexibility index (Phi) is 5.28. The van der Waals surface area contributed by atoms with Crippen LogP contribution in [0.25, 0.3) is 11.3 Å². The number of piperazine rings is 1. The predicted molar refractivity (Wildman–Crippen MR) is 111 cm³/mol. The zero-order chi connectivity index (χ0) is 19.5. The summed E-state index contributed by atoms with van der Waals surface area (Å²) in [5.41, 5.74) is 2.21. The third kappa shape index (κ3) is 3.59. The average molecular weight is 394 g/mol. The number of carbonyl (C=O) groups excluding carboxylic acids is 1. The molecule has 1 aliphatic heterocycles. The molecule has 1 saturated heterocycles. The van der Waals surface area contributed by atoms with Crippen LogP contribution in [0.5, 0.6) is 0 Å². The number of aromatic amines is 1. The molecule has 1 fully saturated rings. The number of H-pyrrole nitrogens is 1. The lowest BCUT2D eigenvalue weighted by atomic mass is 10.0. The Hall–Kier alpha value is -2.89. The van der Waals surface area contributed by atoms with Gasteiger partial charge in [-0.25, -0.2) is 0 Å². The van der Waals surface area contributed by atoms with Crippen LogP contribution >= 0.6 is 11.6 Å². The zero-order valence-electron chi connectivity index (χ0n) is 15.2. The molecule has 1 amide bonds. The molecular formula is C22H20ClN3O2. The number of aromatic nitrogens is 1. The maximum absolute atomic E-state index is 13.2. The van der Waals surface area contributed by atoms with Gasteiger partial charge in [0, 0.05) is 30.4 Å². The second-order valence-corrected chi connectivity index (χ2v) is 7.13. The first-order chi connectivity index (χ1) is 13.6. The standard InChI is InChI=1S/C22H20ClN3O2/c23-18-9-5-4-8-16(18)20-14-24-12-13-26(20)22(28)17-10-11-19(25-21(17)27)15-6-2-1-3-7-15/h1-11,20,24H,12-14H2,(H,25,27). The lowest BCUT2D eigenvalue weighted by molar-refractivity contribution is 0.0632. The fourth-order valence-corrected chi connectivity index (χ4v) is 3.82. The van der Waals surface area contributed by atoms with Gasteiger partial charge in [0.15, 0.2) is 0 Å². The highest BCUT2D eigenvalue weighted by Crippen LogP contribution is 2.29. The van der Waals surface area contributed by atoms with Crippen molar-refractivity contribution in [1.82, 2.24) is 15.2 Å². The van der Waals surface area contributed by atoms with E-state index in [1.165, 1.54) is 0 Å². The summed E-state index contributed by atoms with van der Waals surface area (Å²) in [6, 6.07) is 20.2. The normalized spacial score (nSPS) is 16.8. The van der Waals surface area contributed by atoms with E-state index in [4.69, 9.17) is 11.6 Å². The third-order valence-electron chi connectivity index (χ3n) is 4.99. The van der Waals surface area contributed by atoms with E-state index in [0.29, 0.717) is 30.4 Å². The molecule has 5 nitrogen and oxygen atoms in total. The largest absolute Gasteiger partial charge is 0.329 e. The molecule has 0 saturated carbocycles. The lowest BCUT2D eigenvalue weighted by Gasteiger charge is -2.36. The Balaban J connectivity index is 1.66. The molecule has 0 radical (unpaired) electrons. The van der Waals surface area contributed by atoms with Crippen molar-refractivity contribution in [3.05, 3.63) is 93.2 Å². The number of benzene rings is 2. The quantitative estimate of drug-likeness (QED) is 0.716. The van der Waals surface area contributed by atoms with Gasteiger partial charge in [-0.1, -0.05) is 60.1 Å². The molecule has 2 N–H and O–H groups in total. The average Bonchev–Trinajstić information content (AvgIpc) is 2.74. The van der Waals surface area contributed by atoms with Gasteiger partial charge in [-0.15, -0.1) is 0 Å². The number of hydrogen-bond acceptors (Lipinski definition) is 3. The third-order valence-corrected chi connectivity index (χ3v) is 5.34. The first-order valence-corrected chi connectivity index (χ1v) is 9.58. The van der Waals surface area contributed by atoms with Crippen molar-refractivity contribution in [1.29, 1.82) is 0 Å². The molecule has 3 aromatic rings. The lowest BCUT2D eigenvalue weighted by Crippen LogP contribution is -2.49. The van der Waals surface area contributed by atoms with Crippen molar-refractivity contribution in [3.63, 3.8) is 0 Å². The molecule has 1 aromatic heterocycles. The molecule has 2 heterocycles. The second kappa shape index (κ2) is 8.00. The number of rotatable bonds is 3. The summed E-state index contributed by atoms with van der Waals surface area (Å²) in [5.74, 6) is -0.285. The summed E-state index contributed by atoms with van der Waals surface area (Å²) in [6.45, 7) is 1.77. The summed E-state index contributed by atoms with van der Waals surface area (Å²) >= 11 is 6.36. The maximum Gasteiger partial charge on any atom is 0.261 e. The zero-order valence-corrected chi connectivity index (χ0v) is 15.9. The van der Waals surface area contributed by atoms with Gasteiger partial charge in [0.05, 0.1) is 6.04 Å². The minimum absolute atomic E-state index is 0.138. The first-order valence-electron chi connectivity index (χ1n) is 9.20.